The van der Waals surface area contributed by atoms with E-state index in [2.05, 4.69) is 42.2 Å². The second-order valence-corrected chi connectivity index (χ2v) is 10.8. The molecule has 3 aromatic carbocycles. The minimum absolute atomic E-state index is 0.238. The number of hydrogen-bond donors (Lipinski definition) is 0. The third kappa shape index (κ3) is 9.08. The van der Waals surface area contributed by atoms with Crippen molar-refractivity contribution in [1.82, 2.24) is 9.80 Å². The topological polar surface area (TPSA) is 68.3 Å². The van der Waals surface area contributed by atoms with E-state index < -0.39 is 6.09 Å². The summed E-state index contributed by atoms with van der Waals surface area (Å²) in [5.74, 6) is 2.60. The number of carbonyl (C=O) groups is 2. The van der Waals surface area contributed by atoms with Crippen LogP contribution in [0.1, 0.15) is 56.2 Å². The summed E-state index contributed by atoms with van der Waals surface area (Å²) >= 11 is 0. The molecule has 1 unspecified atom stereocenters. The van der Waals surface area contributed by atoms with Crippen molar-refractivity contribution in [2.75, 3.05) is 26.8 Å². The molecule has 218 valence electrons. The van der Waals surface area contributed by atoms with Gasteiger partial charge < -0.3 is 14.2 Å². The molecule has 7 heteroatoms. The van der Waals surface area contributed by atoms with Gasteiger partial charge in [0.25, 0.3) is 0 Å². The quantitative estimate of drug-likeness (QED) is 0.295. The van der Waals surface area contributed by atoms with Crippen LogP contribution >= 0.6 is 0 Å². The molecular formula is C34H42N2O5. The van der Waals surface area contributed by atoms with Crippen molar-refractivity contribution in [2.24, 2.45) is 5.92 Å². The molecule has 1 aliphatic carbocycles. The van der Waals surface area contributed by atoms with Gasteiger partial charge in [-0.1, -0.05) is 79.7 Å². The Bertz CT molecular complexity index is 1200. The number of rotatable bonds is 7. The summed E-state index contributed by atoms with van der Waals surface area (Å²) in [6.45, 7) is 6.25. The molecule has 2 atom stereocenters. The van der Waals surface area contributed by atoms with Gasteiger partial charge in [-0.3, -0.25) is 9.69 Å². The van der Waals surface area contributed by atoms with E-state index in [9.17, 15) is 9.59 Å². The van der Waals surface area contributed by atoms with E-state index in [1.807, 2.05) is 54.6 Å². The Labute approximate surface area is 244 Å². The largest absolute Gasteiger partial charge is 0.493 e. The molecule has 2 aliphatic heterocycles. The summed E-state index contributed by atoms with van der Waals surface area (Å²) in [7, 11) is 1.68. The first-order valence-electron chi connectivity index (χ1n) is 14.6. The second-order valence-electron chi connectivity index (χ2n) is 10.8. The lowest BCUT2D eigenvalue weighted by Gasteiger charge is -2.15. The predicted molar refractivity (Wildman–Crippen MR) is 160 cm³/mol. The van der Waals surface area contributed by atoms with Gasteiger partial charge in [0.05, 0.1) is 13.2 Å². The van der Waals surface area contributed by atoms with Crippen LogP contribution in [0.4, 0.5) is 4.79 Å². The fourth-order valence-electron chi connectivity index (χ4n) is 5.39. The first-order chi connectivity index (χ1) is 20.1. The van der Waals surface area contributed by atoms with Gasteiger partial charge in [0.15, 0.2) is 11.5 Å². The van der Waals surface area contributed by atoms with Crippen LogP contribution in [-0.2, 0) is 16.1 Å². The number of methoxy groups -OCH3 is 1. The van der Waals surface area contributed by atoms with Gasteiger partial charge in [0.1, 0.15) is 12.6 Å². The van der Waals surface area contributed by atoms with Crippen LogP contribution < -0.4 is 9.47 Å². The number of imide groups is 1. The van der Waals surface area contributed by atoms with E-state index in [0.29, 0.717) is 12.5 Å². The SMILES string of the molecule is CC1CCN(Cc2ccccc2)C1.COc1ccccc1OC1CCCC1.O=CN1C(=O)OC[C@H]1c1ccccc1. The van der Waals surface area contributed by atoms with E-state index in [-0.39, 0.29) is 12.6 Å². The van der Waals surface area contributed by atoms with Crippen molar-refractivity contribution < 1.29 is 23.8 Å². The summed E-state index contributed by atoms with van der Waals surface area (Å²) in [5.41, 5.74) is 2.35. The average Bonchev–Trinajstić information content (AvgIpc) is 3.77. The molecule has 3 aliphatic rings. The van der Waals surface area contributed by atoms with E-state index in [0.717, 1.165) is 34.4 Å². The van der Waals surface area contributed by atoms with Crippen LogP contribution in [0.5, 0.6) is 11.5 Å². The van der Waals surface area contributed by atoms with E-state index in [1.165, 1.54) is 50.8 Å². The maximum Gasteiger partial charge on any atom is 0.417 e. The molecule has 6 rings (SSSR count). The number of nitrogens with zero attached hydrogens (tertiary/aromatic N) is 2. The lowest BCUT2D eigenvalue weighted by atomic mass is 10.1. The minimum atomic E-state index is -0.575. The summed E-state index contributed by atoms with van der Waals surface area (Å²) < 4.78 is 15.9. The molecule has 2 saturated heterocycles. The lowest BCUT2D eigenvalue weighted by molar-refractivity contribution is -0.116. The molecule has 2 heterocycles. The normalized spacial score (nSPS) is 20.3. The van der Waals surface area contributed by atoms with Crippen LogP contribution in [0.2, 0.25) is 0 Å². The summed E-state index contributed by atoms with van der Waals surface area (Å²) in [6, 6.07) is 27.6. The maximum absolute atomic E-state index is 11.1. The number of cyclic esters (lactones) is 1. The molecule has 0 N–H and O–H groups in total. The first kappa shape index (κ1) is 30.1. The highest BCUT2D eigenvalue weighted by Gasteiger charge is 2.33. The van der Waals surface area contributed by atoms with Crippen molar-refractivity contribution in [1.29, 1.82) is 0 Å². The van der Waals surface area contributed by atoms with E-state index >= 15 is 0 Å². The van der Waals surface area contributed by atoms with E-state index in [4.69, 9.17) is 14.2 Å². The van der Waals surface area contributed by atoms with Crippen LogP contribution in [0.15, 0.2) is 84.9 Å². The van der Waals surface area contributed by atoms with Gasteiger partial charge in [0.2, 0.25) is 6.41 Å². The zero-order valence-electron chi connectivity index (χ0n) is 24.2. The number of para-hydroxylation sites is 2. The molecular weight excluding hydrogens is 516 g/mol. The Morgan fingerprint density at radius 3 is 2.12 bits per heavy atom. The molecule has 0 aromatic heterocycles. The highest BCUT2D eigenvalue weighted by molar-refractivity contribution is 5.82. The van der Waals surface area contributed by atoms with Crippen molar-refractivity contribution in [3.05, 3.63) is 96.1 Å². The average molecular weight is 559 g/mol. The smallest absolute Gasteiger partial charge is 0.417 e. The Kier molecular flexibility index (Phi) is 11.6. The fraction of sp³-hybridized carbons (Fsp3) is 0.412. The van der Waals surface area contributed by atoms with Crippen molar-refractivity contribution in [2.45, 2.75) is 57.7 Å². The first-order valence-corrected chi connectivity index (χ1v) is 14.6. The zero-order chi connectivity index (χ0) is 28.9. The third-order valence-corrected chi connectivity index (χ3v) is 7.63. The third-order valence-electron chi connectivity index (χ3n) is 7.63. The molecule has 41 heavy (non-hydrogen) atoms. The molecule has 2 amide bonds. The van der Waals surface area contributed by atoms with Gasteiger partial charge in [0, 0.05) is 13.1 Å². The van der Waals surface area contributed by atoms with Gasteiger partial charge in [-0.2, -0.15) is 0 Å². The Balaban J connectivity index is 0.000000142. The van der Waals surface area contributed by atoms with Gasteiger partial charge >= 0.3 is 6.09 Å². The maximum atomic E-state index is 11.1. The Morgan fingerprint density at radius 2 is 1.51 bits per heavy atom. The van der Waals surface area contributed by atoms with Crippen molar-refractivity contribution in [3.63, 3.8) is 0 Å². The van der Waals surface area contributed by atoms with Gasteiger partial charge in [-0.15, -0.1) is 0 Å². The van der Waals surface area contributed by atoms with Crippen molar-refractivity contribution >= 4 is 12.5 Å². The molecule has 0 radical (unpaired) electrons. The van der Waals surface area contributed by atoms with Crippen LogP contribution in [0.25, 0.3) is 0 Å². The molecule has 0 bridgehead atoms. The van der Waals surface area contributed by atoms with Gasteiger partial charge in [-0.25, -0.2) is 9.69 Å². The zero-order valence-corrected chi connectivity index (χ0v) is 24.2. The number of benzene rings is 3. The van der Waals surface area contributed by atoms with Crippen LogP contribution in [0, 0.1) is 5.92 Å². The minimum Gasteiger partial charge on any atom is -0.493 e. The van der Waals surface area contributed by atoms with Crippen LogP contribution in [-0.4, -0.2) is 55.2 Å². The molecule has 7 nitrogen and oxygen atoms in total. The van der Waals surface area contributed by atoms with Gasteiger partial charge in [-0.05, 0) is 67.8 Å². The molecule has 0 spiro atoms. The van der Waals surface area contributed by atoms with E-state index in [1.54, 1.807) is 7.11 Å². The number of hydrogen-bond acceptors (Lipinski definition) is 6. The number of ether oxygens (including phenoxy) is 3. The Hall–Kier alpha value is -3.84. The highest BCUT2D eigenvalue weighted by atomic mass is 16.6. The number of amides is 2. The monoisotopic (exact) mass is 558 g/mol. The van der Waals surface area contributed by atoms with Crippen LogP contribution in [0.3, 0.4) is 0 Å². The van der Waals surface area contributed by atoms with Crippen molar-refractivity contribution in [3.8, 4) is 11.5 Å². The predicted octanol–water partition coefficient (Wildman–Crippen LogP) is 6.88. The highest BCUT2D eigenvalue weighted by Crippen LogP contribution is 2.31. The summed E-state index contributed by atoms with van der Waals surface area (Å²) in [5, 5.41) is 0. The number of carbonyl (C=O) groups excluding carboxylic acids is 2. The molecule has 1 saturated carbocycles. The molecule has 3 aromatic rings. The lowest BCUT2D eigenvalue weighted by Crippen LogP contribution is -2.25. The standard InChI is InChI=1S/C12H17N.C12H16O2.C10H9NO3/c1-11-7-8-13(9-11)10-12-5-3-2-4-6-12;1-13-11-8-4-5-9-12(11)14-10-6-2-3-7-10;12-7-11-9(6-14-10(11)13)8-4-2-1-3-5-8/h2-6,11H,7-10H2,1H3;4-5,8-10H,2-3,6-7H2,1H3;1-5,7,9H,6H2/t;;9-/m..0/s1. The summed E-state index contributed by atoms with van der Waals surface area (Å²) in [6.07, 6.45) is 6.63. The summed E-state index contributed by atoms with van der Waals surface area (Å²) in [4.78, 5) is 25.3. The number of likely N-dealkylation sites (tertiary alicyclic amines) is 1. The Morgan fingerprint density at radius 1 is 0.878 bits per heavy atom. The fourth-order valence-corrected chi connectivity index (χ4v) is 5.39. The molecule has 3 fully saturated rings. The second kappa shape index (κ2) is 15.8.